The maximum Gasteiger partial charge on any atom is 0.161 e. The second kappa shape index (κ2) is 11.9. The largest absolute Gasteiger partial charge is 0.490 e. The number of ether oxygens (including phenoxy) is 2. The van der Waals surface area contributed by atoms with Gasteiger partial charge in [-0.3, -0.25) is 4.90 Å². The van der Waals surface area contributed by atoms with Crippen LogP contribution >= 0.6 is 0 Å². The molecule has 1 N–H and O–H groups in total. The highest BCUT2D eigenvalue weighted by Gasteiger charge is 2.24. The summed E-state index contributed by atoms with van der Waals surface area (Å²) >= 11 is 0. The number of hydrogen-bond acceptors (Lipinski definition) is 5. The van der Waals surface area contributed by atoms with Crippen LogP contribution in [-0.2, 0) is 6.61 Å². The van der Waals surface area contributed by atoms with Crippen molar-refractivity contribution in [1.82, 2.24) is 10.2 Å². The number of nitrogens with zero attached hydrogens (tertiary/aromatic N) is 2. The van der Waals surface area contributed by atoms with Crippen LogP contribution in [0, 0.1) is 0 Å². The van der Waals surface area contributed by atoms with Crippen molar-refractivity contribution in [3.8, 4) is 11.5 Å². The number of hydrogen-bond donors (Lipinski definition) is 1. The van der Waals surface area contributed by atoms with E-state index in [1.54, 1.807) is 0 Å². The smallest absolute Gasteiger partial charge is 0.161 e. The van der Waals surface area contributed by atoms with Crippen LogP contribution in [0.1, 0.15) is 36.1 Å². The predicted octanol–water partition coefficient (Wildman–Crippen LogP) is 5.12. The third-order valence-electron chi connectivity index (χ3n) is 6.29. The van der Waals surface area contributed by atoms with Gasteiger partial charge >= 0.3 is 0 Å². The van der Waals surface area contributed by atoms with E-state index in [0.29, 0.717) is 13.2 Å². The van der Waals surface area contributed by atoms with E-state index in [2.05, 4.69) is 83.8 Å². The Morgan fingerprint density at radius 2 is 1.62 bits per heavy atom. The molecule has 5 nitrogen and oxygen atoms in total. The molecule has 34 heavy (non-hydrogen) atoms. The molecule has 0 radical (unpaired) electrons. The summed E-state index contributed by atoms with van der Waals surface area (Å²) in [7, 11) is 4.16. The number of anilines is 1. The van der Waals surface area contributed by atoms with Crippen LogP contribution in [0.5, 0.6) is 11.5 Å². The van der Waals surface area contributed by atoms with Crippen LogP contribution in [0.25, 0.3) is 0 Å². The SMILES string of the molecule is CCOc1cc(C(c2ccc(N(C)C)cc2)N2CCCNCC2)ccc1OCc1ccccc1. The maximum atomic E-state index is 6.17. The van der Waals surface area contributed by atoms with Crippen LogP contribution in [-0.4, -0.2) is 51.8 Å². The van der Waals surface area contributed by atoms with E-state index in [1.807, 2.05) is 25.1 Å². The first-order chi connectivity index (χ1) is 16.7. The van der Waals surface area contributed by atoms with E-state index in [4.69, 9.17) is 9.47 Å². The zero-order valence-corrected chi connectivity index (χ0v) is 20.7. The molecule has 0 spiro atoms. The summed E-state index contributed by atoms with van der Waals surface area (Å²) in [5.41, 5.74) is 4.88. The lowest BCUT2D eigenvalue weighted by Gasteiger charge is -2.32. The van der Waals surface area contributed by atoms with Crippen LogP contribution in [0.2, 0.25) is 0 Å². The van der Waals surface area contributed by atoms with Crippen molar-refractivity contribution >= 4 is 5.69 Å². The number of benzene rings is 3. The summed E-state index contributed by atoms with van der Waals surface area (Å²) in [6, 6.07) is 25.8. The summed E-state index contributed by atoms with van der Waals surface area (Å²) in [6.45, 7) is 7.28. The molecule has 0 aliphatic carbocycles. The summed E-state index contributed by atoms with van der Waals surface area (Å²) in [5.74, 6) is 1.59. The van der Waals surface area contributed by atoms with E-state index in [1.165, 1.54) is 16.8 Å². The summed E-state index contributed by atoms with van der Waals surface area (Å²) in [4.78, 5) is 4.72. The highest BCUT2D eigenvalue weighted by molar-refractivity contribution is 5.50. The fourth-order valence-corrected chi connectivity index (χ4v) is 4.51. The van der Waals surface area contributed by atoms with E-state index in [0.717, 1.165) is 49.7 Å². The molecule has 0 amide bonds. The van der Waals surface area contributed by atoms with E-state index in [9.17, 15) is 0 Å². The average Bonchev–Trinajstić information content (AvgIpc) is 3.14. The van der Waals surface area contributed by atoms with Gasteiger partial charge in [0.25, 0.3) is 0 Å². The highest BCUT2D eigenvalue weighted by Crippen LogP contribution is 2.36. The van der Waals surface area contributed by atoms with Crippen molar-refractivity contribution in [3.63, 3.8) is 0 Å². The lowest BCUT2D eigenvalue weighted by molar-refractivity contribution is 0.238. The minimum absolute atomic E-state index is 0.165. The third-order valence-corrected chi connectivity index (χ3v) is 6.29. The lowest BCUT2D eigenvalue weighted by Crippen LogP contribution is -2.33. The van der Waals surface area contributed by atoms with Crippen molar-refractivity contribution < 1.29 is 9.47 Å². The standard InChI is InChI=1S/C29H37N3O2/c1-4-33-28-21-25(13-16-27(28)34-22-23-9-6-5-7-10-23)29(32-19-8-17-30-18-20-32)24-11-14-26(15-12-24)31(2)3/h5-7,9-16,21,29-30H,4,8,17-20,22H2,1-3H3. The molecule has 1 saturated heterocycles. The van der Waals surface area contributed by atoms with Crippen LogP contribution in [0.4, 0.5) is 5.69 Å². The molecule has 1 aliphatic rings. The van der Waals surface area contributed by atoms with Crippen molar-refractivity contribution in [2.24, 2.45) is 0 Å². The van der Waals surface area contributed by atoms with Gasteiger partial charge in [-0.15, -0.1) is 0 Å². The van der Waals surface area contributed by atoms with Gasteiger partial charge in [0.1, 0.15) is 6.61 Å². The van der Waals surface area contributed by atoms with Crippen molar-refractivity contribution in [2.75, 3.05) is 51.8 Å². The molecule has 1 atom stereocenters. The Labute approximate surface area is 204 Å². The van der Waals surface area contributed by atoms with Gasteiger partial charge in [-0.1, -0.05) is 48.5 Å². The molecule has 3 aromatic carbocycles. The molecule has 5 heteroatoms. The van der Waals surface area contributed by atoms with Crippen molar-refractivity contribution in [2.45, 2.75) is 26.0 Å². The lowest BCUT2D eigenvalue weighted by atomic mass is 9.96. The second-order valence-electron chi connectivity index (χ2n) is 8.94. The molecule has 1 fully saturated rings. The topological polar surface area (TPSA) is 37.0 Å². The summed E-state index contributed by atoms with van der Waals surface area (Å²) in [6.07, 6.45) is 1.14. The molecule has 4 rings (SSSR count). The molecule has 1 aliphatic heterocycles. The van der Waals surface area contributed by atoms with Gasteiger partial charge in [0.15, 0.2) is 11.5 Å². The highest BCUT2D eigenvalue weighted by atomic mass is 16.5. The number of rotatable bonds is 9. The van der Waals surface area contributed by atoms with Gasteiger partial charge in [-0.25, -0.2) is 0 Å². The fraction of sp³-hybridized carbons (Fsp3) is 0.379. The van der Waals surface area contributed by atoms with Crippen LogP contribution in [0.15, 0.2) is 72.8 Å². The van der Waals surface area contributed by atoms with Gasteiger partial charge in [-0.2, -0.15) is 0 Å². The van der Waals surface area contributed by atoms with Crippen molar-refractivity contribution in [3.05, 3.63) is 89.5 Å². The molecule has 1 unspecified atom stereocenters. The minimum Gasteiger partial charge on any atom is -0.490 e. The first kappa shape index (κ1) is 24.1. The van der Waals surface area contributed by atoms with Crippen LogP contribution in [0.3, 0.4) is 0 Å². The van der Waals surface area contributed by atoms with Crippen LogP contribution < -0.4 is 19.7 Å². The minimum atomic E-state index is 0.165. The normalized spacial score (nSPS) is 15.4. The zero-order valence-electron chi connectivity index (χ0n) is 20.7. The quantitative estimate of drug-likeness (QED) is 0.481. The van der Waals surface area contributed by atoms with E-state index >= 15 is 0 Å². The zero-order chi connectivity index (χ0) is 23.8. The molecule has 180 valence electrons. The molecule has 1 heterocycles. The third kappa shape index (κ3) is 6.10. The Kier molecular flexibility index (Phi) is 8.45. The Hall–Kier alpha value is -3.02. The van der Waals surface area contributed by atoms with Gasteiger partial charge in [-0.05, 0) is 60.8 Å². The fourth-order valence-electron chi connectivity index (χ4n) is 4.51. The molecular formula is C29H37N3O2. The average molecular weight is 460 g/mol. The second-order valence-corrected chi connectivity index (χ2v) is 8.94. The monoisotopic (exact) mass is 459 g/mol. The Bertz CT molecular complexity index is 1010. The van der Waals surface area contributed by atoms with Gasteiger partial charge in [0.2, 0.25) is 0 Å². The summed E-state index contributed by atoms with van der Waals surface area (Å²) < 4.78 is 12.2. The molecule has 3 aromatic rings. The summed E-state index contributed by atoms with van der Waals surface area (Å²) in [5, 5.41) is 3.54. The Morgan fingerprint density at radius 1 is 0.853 bits per heavy atom. The van der Waals surface area contributed by atoms with E-state index in [-0.39, 0.29) is 6.04 Å². The molecule has 0 aromatic heterocycles. The van der Waals surface area contributed by atoms with Crippen molar-refractivity contribution in [1.29, 1.82) is 0 Å². The van der Waals surface area contributed by atoms with Gasteiger partial charge < -0.3 is 19.7 Å². The first-order valence-electron chi connectivity index (χ1n) is 12.3. The maximum absolute atomic E-state index is 6.17. The number of nitrogens with one attached hydrogen (secondary N) is 1. The molecular weight excluding hydrogens is 422 g/mol. The molecule has 0 bridgehead atoms. The first-order valence-corrected chi connectivity index (χ1v) is 12.3. The van der Waals surface area contributed by atoms with Gasteiger partial charge in [0, 0.05) is 39.4 Å². The Balaban J connectivity index is 1.65. The predicted molar refractivity (Wildman–Crippen MR) is 140 cm³/mol. The Morgan fingerprint density at radius 3 is 2.35 bits per heavy atom. The van der Waals surface area contributed by atoms with E-state index < -0.39 is 0 Å². The van der Waals surface area contributed by atoms with Gasteiger partial charge in [0.05, 0.1) is 12.6 Å². The molecule has 0 saturated carbocycles.